The Hall–Kier alpha value is -1.24. The van der Waals surface area contributed by atoms with Crippen molar-refractivity contribution in [3.63, 3.8) is 0 Å². The van der Waals surface area contributed by atoms with E-state index in [1.807, 2.05) is 32.1 Å². The second kappa shape index (κ2) is 13.2. The predicted molar refractivity (Wildman–Crippen MR) is 89.9 cm³/mol. The van der Waals surface area contributed by atoms with Crippen LogP contribution in [0.2, 0.25) is 0 Å². The Morgan fingerprint density at radius 1 is 1.11 bits per heavy atom. The number of hydrogen-bond acceptors (Lipinski definition) is 1. The van der Waals surface area contributed by atoms with Crippen LogP contribution < -0.4 is 5.73 Å². The van der Waals surface area contributed by atoms with Gasteiger partial charge in [-0.2, -0.15) is 0 Å². The highest BCUT2D eigenvalue weighted by Gasteiger charge is 1.96. The van der Waals surface area contributed by atoms with Crippen LogP contribution in [0.3, 0.4) is 0 Å². The molecule has 0 spiro atoms. The fraction of sp³-hybridized carbons (Fsp3) is 0.556. The van der Waals surface area contributed by atoms with Gasteiger partial charge in [-0.25, -0.2) is 0 Å². The molecule has 2 N–H and O–H groups in total. The van der Waals surface area contributed by atoms with E-state index in [2.05, 4.69) is 52.8 Å². The van der Waals surface area contributed by atoms with Crippen molar-refractivity contribution in [3.8, 4) is 0 Å². The summed E-state index contributed by atoms with van der Waals surface area (Å²) in [5, 5.41) is 0. The van der Waals surface area contributed by atoms with E-state index >= 15 is 0 Å². The molecule has 0 bridgehead atoms. The van der Waals surface area contributed by atoms with Gasteiger partial charge in [-0.15, -0.1) is 0 Å². The third kappa shape index (κ3) is 14.7. The average Bonchev–Trinajstić information content (AvgIpc) is 2.36. The van der Waals surface area contributed by atoms with Gasteiger partial charge in [-0.1, -0.05) is 64.5 Å². The van der Waals surface area contributed by atoms with Crippen molar-refractivity contribution in [3.05, 3.63) is 47.7 Å². The molecule has 0 saturated heterocycles. The maximum Gasteiger partial charge on any atom is 0.0340 e. The summed E-state index contributed by atoms with van der Waals surface area (Å²) in [6, 6.07) is 0. The smallest absolute Gasteiger partial charge is 0.0340 e. The molecule has 0 aromatic carbocycles. The molecule has 110 valence electrons. The zero-order chi connectivity index (χ0) is 15.3. The lowest BCUT2D eigenvalue weighted by Crippen LogP contribution is -2.00. The number of hydrogen-bond donors (Lipinski definition) is 1. The standard InChI is InChI=1S/C12H21N.C6H12/c1-5-7-8-12(13)11(4)9-10(3)6-2;1-4-5-6(2)3/h5,7-10H,6,13H2,1-4H3;4-6H,1-3H3/b7-5-,11-9-,12-8+;5-4-. The SMILES string of the molecule is C/C=C\C(C)C.C\C=C/C=C(N)\C(C)=C/C(C)CC. The largest absolute Gasteiger partial charge is 0.399 e. The van der Waals surface area contributed by atoms with Crippen molar-refractivity contribution in [2.45, 2.75) is 54.9 Å². The number of nitrogens with two attached hydrogens (primary N) is 1. The van der Waals surface area contributed by atoms with Crippen LogP contribution >= 0.6 is 0 Å². The van der Waals surface area contributed by atoms with Gasteiger partial charge >= 0.3 is 0 Å². The summed E-state index contributed by atoms with van der Waals surface area (Å²) in [6.07, 6.45) is 13.5. The second-order valence-electron chi connectivity index (χ2n) is 5.15. The summed E-state index contributed by atoms with van der Waals surface area (Å²) in [6.45, 7) is 14.8. The number of rotatable bonds is 5. The van der Waals surface area contributed by atoms with E-state index in [4.69, 9.17) is 5.73 Å². The molecule has 1 atom stereocenters. The minimum Gasteiger partial charge on any atom is -0.399 e. The first-order valence-electron chi connectivity index (χ1n) is 7.28. The number of allylic oxidation sites excluding steroid dienone is 7. The van der Waals surface area contributed by atoms with Crippen molar-refractivity contribution in [2.24, 2.45) is 17.6 Å². The van der Waals surface area contributed by atoms with Crippen LogP contribution in [-0.4, -0.2) is 0 Å². The zero-order valence-electron chi connectivity index (χ0n) is 13.9. The summed E-state index contributed by atoms with van der Waals surface area (Å²) < 4.78 is 0. The van der Waals surface area contributed by atoms with Crippen LogP contribution in [0.4, 0.5) is 0 Å². The summed E-state index contributed by atoms with van der Waals surface area (Å²) in [5.41, 5.74) is 7.88. The molecule has 0 saturated carbocycles. The van der Waals surface area contributed by atoms with Crippen LogP contribution in [0.15, 0.2) is 47.7 Å². The van der Waals surface area contributed by atoms with Crippen LogP contribution in [0, 0.1) is 11.8 Å². The normalized spacial score (nSPS) is 14.9. The lowest BCUT2D eigenvalue weighted by Gasteiger charge is -2.05. The molecule has 0 heterocycles. The van der Waals surface area contributed by atoms with E-state index in [0.717, 1.165) is 18.0 Å². The maximum atomic E-state index is 5.85. The first kappa shape index (κ1) is 20.1. The Bertz CT molecular complexity index is 317. The highest BCUT2D eigenvalue weighted by molar-refractivity contribution is 5.29. The van der Waals surface area contributed by atoms with E-state index in [1.54, 1.807) is 0 Å². The molecule has 0 aliphatic rings. The van der Waals surface area contributed by atoms with Crippen LogP contribution in [0.25, 0.3) is 0 Å². The van der Waals surface area contributed by atoms with Crippen LogP contribution in [0.1, 0.15) is 54.9 Å². The van der Waals surface area contributed by atoms with E-state index < -0.39 is 0 Å². The molecule has 1 unspecified atom stereocenters. The fourth-order valence-corrected chi connectivity index (χ4v) is 1.36. The van der Waals surface area contributed by atoms with Crippen molar-refractivity contribution >= 4 is 0 Å². The third-order valence-corrected chi connectivity index (χ3v) is 2.68. The molecule has 19 heavy (non-hydrogen) atoms. The highest BCUT2D eigenvalue weighted by Crippen LogP contribution is 2.10. The van der Waals surface area contributed by atoms with Gasteiger partial charge in [0, 0.05) is 5.70 Å². The van der Waals surface area contributed by atoms with Crippen LogP contribution in [0.5, 0.6) is 0 Å². The van der Waals surface area contributed by atoms with Crippen molar-refractivity contribution < 1.29 is 0 Å². The molecule has 1 heteroatoms. The minimum absolute atomic E-state index is 0.609. The summed E-state index contributed by atoms with van der Waals surface area (Å²) in [4.78, 5) is 0. The molecule has 0 aliphatic heterocycles. The molecular weight excluding hydrogens is 230 g/mol. The van der Waals surface area contributed by atoms with Crippen molar-refractivity contribution in [2.75, 3.05) is 0 Å². The van der Waals surface area contributed by atoms with Gasteiger partial charge in [-0.3, -0.25) is 0 Å². The lowest BCUT2D eigenvalue weighted by atomic mass is 10.0. The Kier molecular flexibility index (Phi) is 14.0. The van der Waals surface area contributed by atoms with E-state index in [-0.39, 0.29) is 0 Å². The Morgan fingerprint density at radius 2 is 1.68 bits per heavy atom. The van der Waals surface area contributed by atoms with Gasteiger partial charge in [-0.05, 0) is 44.3 Å². The quantitative estimate of drug-likeness (QED) is 0.506. The monoisotopic (exact) mass is 263 g/mol. The minimum atomic E-state index is 0.609. The topological polar surface area (TPSA) is 26.0 Å². The Balaban J connectivity index is 0. The molecular formula is C18H33N. The van der Waals surface area contributed by atoms with E-state index in [1.165, 1.54) is 5.57 Å². The average molecular weight is 263 g/mol. The fourth-order valence-electron chi connectivity index (χ4n) is 1.36. The van der Waals surface area contributed by atoms with Crippen LogP contribution in [-0.2, 0) is 0 Å². The molecule has 0 aliphatic carbocycles. The molecule has 0 radical (unpaired) electrons. The summed E-state index contributed by atoms with van der Waals surface area (Å²) in [7, 11) is 0. The van der Waals surface area contributed by atoms with Gasteiger partial charge in [0.15, 0.2) is 0 Å². The maximum absolute atomic E-state index is 5.85. The highest BCUT2D eigenvalue weighted by atomic mass is 14.6. The summed E-state index contributed by atoms with van der Waals surface area (Å²) in [5.74, 6) is 1.33. The molecule has 0 aromatic rings. The Labute approximate surface area is 121 Å². The molecule has 0 amide bonds. The van der Waals surface area contributed by atoms with Gasteiger partial charge in [0.1, 0.15) is 0 Å². The molecule has 0 fully saturated rings. The lowest BCUT2D eigenvalue weighted by molar-refractivity contribution is 0.693. The van der Waals surface area contributed by atoms with Gasteiger partial charge in [0.25, 0.3) is 0 Å². The summed E-state index contributed by atoms with van der Waals surface area (Å²) >= 11 is 0. The van der Waals surface area contributed by atoms with E-state index in [9.17, 15) is 0 Å². The van der Waals surface area contributed by atoms with Gasteiger partial charge < -0.3 is 5.73 Å². The predicted octanol–water partition coefficient (Wildman–Crippen LogP) is 5.62. The molecule has 1 nitrogen and oxygen atoms in total. The van der Waals surface area contributed by atoms with E-state index in [0.29, 0.717) is 5.92 Å². The third-order valence-electron chi connectivity index (χ3n) is 2.68. The van der Waals surface area contributed by atoms with Gasteiger partial charge in [0.2, 0.25) is 0 Å². The molecule has 0 aromatic heterocycles. The van der Waals surface area contributed by atoms with Gasteiger partial charge in [0.05, 0.1) is 0 Å². The van der Waals surface area contributed by atoms with Crippen molar-refractivity contribution in [1.29, 1.82) is 0 Å². The zero-order valence-corrected chi connectivity index (χ0v) is 13.9. The van der Waals surface area contributed by atoms with Crippen molar-refractivity contribution in [1.82, 2.24) is 0 Å². The second-order valence-corrected chi connectivity index (χ2v) is 5.15. The Morgan fingerprint density at radius 3 is 2.00 bits per heavy atom. The first-order valence-corrected chi connectivity index (χ1v) is 7.28. The molecule has 0 rings (SSSR count). The first-order chi connectivity index (χ1) is 8.88.